The Labute approximate surface area is 305 Å². The van der Waals surface area contributed by atoms with Crippen molar-refractivity contribution in [2.75, 3.05) is 19.8 Å². The smallest absolute Gasteiger partial charge is 0.306 e. The summed E-state index contributed by atoms with van der Waals surface area (Å²) in [6, 6.07) is 9.92. The monoisotopic (exact) mass is 733 g/mol. The Hall–Kier alpha value is -4.53. The molecule has 1 aromatic rings. The molecule has 1 aliphatic carbocycles. The lowest BCUT2D eigenvalue weighted by Crippen LogP contribution is -2.37. The zero-order valence-electron chi connectivity index (χ0n) is 30.1. The Bertz CT molecular complexity index is 1280. The molecule has 15 nitrogen and oxygen atoms in total. The highest BCUT2D eigenvalue weighted by molar-refractivity contribution is 5.83. The van der Waals surface area contributed by atoms with Gasteiger partial charge in [-0.25, -0.2) is 0 Å². The molecular formula is C37H55N3O12. The molecule has 1 saturated carbocycles. The third-order valence-corrected chi connectivity index (χ3v) is 8.79. The van der Waals surface area contributed by atoms with E-state index in [1.807, 2.05) is 54.6 Å². The normalized spacial score (nSPS) is 18.2. The van der Waals surface area contributed by atoms with E-state index in [2.05, 4.69) is 15.0 Å². The number of unbranched alkanes of at least 4 members (excludes halogenated alkanes) is 4. The molecule has 2 rings (SSSR count). The Kier molecular flexibility index (Phi) is 22.0. The topological polar surface area (TPSA) is 207 Å². The van der Waals surface area contributed by atoms with Crippen LogP contribution in [0, 0.1) is 32.1 Å². The Morgan fingerprint density at radius 2 is 1.52 bits per heavy atom. The first-order valence-electron chi connectivity index (χ1n) is 18.4. The molecule has 0 bridgehead atoms. The van der Waals surface area contributed by atoms with Gasteiger partial charge >= 0.3 is 11.9 Å². The van der Waals surface area contributed by atoms with Gasteiger partial charge in [-0.1, -0.05) is 61.4 Å². The average molecular weight is 734 g/mol. The first-order chi connectivity index (χ1) is 25.1. The molecule has 0 heterocycles. The van der Waals surface area contributed by atoms with Crippen molar-refractivity contribution in [3.05, 3.63) is 80.4 Å². The van der Waals surface area contributed by atoms with Crippen molar-refractivity contribution in [3.63, 3.8) is 0 Å². The van der Waals surface area contributed by atoms with Gasteiger partial charge in [-0.05, 0) is 101 Å². The highest BCUT2D eigenvalue weighted by atomic mass is 17.0. The number of aryl methyl sites for hydroxylation is 1. The van der Waals surface area contributed by atoms with E-state index in [1.165, 1.54) is 0 Å². The molecule has 1 unspecified atom stereocenters. The van der Waals surface area contributed by atoms with Crippen LogP contribution in [0.15, 0.2) is 54.6 Å². The quantitative estimate of drug-likeness (QED) is 0.0345. The Balaban J connectivity index is 1.90. The molecule has 1 aromatic carbocycles. The third-order valence-electron chi connectivity index (χ3n) is 8.79. The number of amides is 1. The van der Waals surface area contributed by atoms with Gasteiger partial charge in [0.2, 0.25) is 0 Å². The van der Waals surface area contributed by atoms with Crippen molar-refractivity contribution in [2.24, 2.45) is 11.8 Å². The molecule has 290 valence electrons. The van der Waals surface area contributed by atoms with E-state index in [0.29, 0.717) is 77.2 Å². The number of nitrogens with one attached hydrogen (secondary N) is 1. The van der Waals surface area contributed by atoms with E-state index in [9.17, 15) is 39.7 Å². The fourth-order valence-corrected chi connectivity index (χ4v) is 6.03. The van der Waals surface area contributed by atoms with Gasteiger partial charge in [0.05, 0.1) is 19.3 Å². The zero-order valence-corrected chi connectivity index (χ0v) is 30.1. The van der Waals surface area contributed by atoms with Crippen LogP contribution in [-0.4, -0.2) is 71.2 Å². The van der Waals surface area contributed by atoms with Gasteiger partial charge in [0.1, 0.15) is 6.10 Å². The Morgan fingerprint density at radius 1 is 0.885 bits per heavy atom. The van der Waals surface area contributed by atoms with E-state index in [1.54, 1.807) is 6.92 Å². The minimum absolute atomic E-state index is 0.00365. The number of aliphatic hydroxyl groups excluding tert-OH is 1. The van der Waals surface area contributed by atoms with Gasteiger partial charge in [0.15, 0.2) is 6.10 Å². The molecular weight excluding hydrogens is 678 g/mol. The van der Waals surface area contributed by atoms with Crippen LogP contribution in [0.25, 0.3) is 0 Å². The largest absolute Gasteiger partial charge is 0.458 e. The highest BCUT2D eigenvalue weighted by Crippen LogP contribution is 2.36. The number of carbonyl (C=O) groups is 3. The number of esters is 2. The summed E-state index contributed by atoms with van der Waals surface area (Å²) in [5, 5.41) is 32.3. The lowest BCUT2D eigenvalue weighted by molar-refractivity contribution is -0.757. The molecule has 0 saturated heterocycles. The fraction of sp³-hybridized carbons (Fsp3) is 0.649. The van der Waals surface area contributed by atoms with Crippen molar-refractivity contribution in [2.45, 2.75) is 122 Å². The summed E-state index contributed by atoms with van der Waals surface area (Å²) in [4.78, 5) is 66.7. The van der Waals surface area contributed by atoms with Crippen LogP contribution in [-0.2, 0) is 40.0 Å². The van der Waals surface area contributed by atoms with Gasteiger partial charge in [-0.2, -0.15) is 0 Å². The van der Waals surface area contributed by atoms with Gasteiger partial charge in [-0.15, -0.1) is 20.2 Å². The van der Waals surface area contributed by atoms with Crippen LogP contribution < -0.4 is 5.32 Å². The number of allylic oxidation sites excluding steroid dienone is 3. The second kappa shape index (κ2) is 26.3. The summed E-state index contributed by atoms with van der Waals surface area (Å²) in [5.74, 6) is -1.17. The molecule has 15 heteroatoms. The van der Waals surface area contributed by atoms with Gasteiger partial charge in [0.25, 0.3) is 16.1 Å². The zero-order chi connectivity index (χ0) is 38.0. The Morgan fingerprint density at radius 3 is 2.13 bits per heavy atom. The average Bonchev–Trinajstić information content (AvgIpc) is 3.46. The maximum absolute atomic E-state index is 12.7. The summed E-state index contributed by atoms with van der Waals surface area (Å²) in [7, 11) is 0. The molecule has 1 aliphatic rings. The number of ether oxygens (including phenoxy) is 2. The van der Waals surface area contributed by atoms with E-state index in [0.717, 1.165) is 18.4 Å². The number of aliphatic hydroxyl groups is 1. The van der Waals surface area contributed by atoms with Crippen molar-refractivity contribution in [1.82, 2.24) is 5.32 Å². The molecule has 1 amide bonds. The number of hydrogen-bond donors (Lipinski definition) is 2. The van der Waals surface area contributed by atoms with E-state index in [-0.39, 0.29) is 49.8 Å². The summed E-state index contributed by atoms with van der Waals surface area (Å²) >= 11 is 0. The number of likely N-dealkylation sites (N-methyl/N-ethyl adjacent to an activating group) is 1. The minimum Gasteiger partial charge on any atom is -0.458 e. The number of carbonyl (C=O) groups excluding carboxylic acids is 3. The summed E-state index contributed by atoms with van der Waals surface area (Å²) < 4.78 is 11.3. The highest BCUT2D eigenvalue weighted by Gasteiger charge is 2.32. The van der Waals surface area contributed by atoms with Crippen LogP contribution in [0.3, 0.4) is 0 Å². The van der Waals surface area contributed by atoms with Crippen molar-refractivity contribution in [3.8, 4) is 0 Å². The maximum atomic E-state index is 12.7. The SMILES string of the molecule is CCNC(=O)C(CC/C=C\C[C@H]1[C@@H](O)CC[C@@H]1/C=C/[C@H](CCc1ccccc1)OC(=O)CCCCCO[N+](=O)[O-])OC(=O)CCCCCO[N+](=O)[O-]. The van der Waals surface area contributed by atoms with Crippen molar-refractivity contribution in [1.29, 1.82) is 0 Å². The lowest BCUT2D eigenvalue weighted by Gasteiger charge is -2.20. The molecule has 0 spiro atoms. The van der Waals surface area contributed by atoms with Crippen LogP contribution in [0.5, 0.6) is 0 Å². The lowest BCUT2D eigenvalue weighted by atomic mass is 9.90. The number of rotatable bonds is 28. The second-order valence-electron chi connectivity index (χ2n) is 12.8. The van der Waals surface area contributed by atoms with E-state index >= 15 is 0 Å². The first-order valence-corrected chi connectivity index (χ1v) is 18.4. The third kappa shape index (κ3) is 19.8. The fourth-order valence-electron chi connectivity index (χ4n) is 6.03. The van der Waals surface area contributed by atoms with Crippen LogP contribution in [0.2, 0.25) is 0 Å². The van der Waals surface area contributed by atoms with Gasteiger partial charge < -0.3 is 29.6 Å². The van der Waals surface area contributed by atoms with Crippen molar-refractivity contribution >= 4 is 17.8 Å². The summed E-state index contributed by atoms with van der Waals surface area (Å²) in [6.45, 7) is 2.13. The maximum Gasteiger partial charge on any atom is 0.306 e. The molecule has 0 radical (unpaired) electrons. The molecule has 1 fully saturated rings. The number of nitrogens with zero attached hydrogens (tertiary/aromatic N) is 2. The van der Waals surface area contributed by atoms with E-state index < -0.39 is 34.5 Å². The standard InChI is InChI=1S/C37H55N3O12/c1-2-38-37(44)34(52-36(43)20-12-6-14-28-50-40(47)48)18-10-4-9-17-32-30(23-26-33(32)41)22-25-31(24-21-29-15-7-3-8-16-29)51-35(42)19-11-5-13-27-49-39(45)46/h3-4,7-9,15-16,22,25,30-34,41H,2,5-6,10-14,17-21,23-24,26-28H2,1H3,(H,38,44)/b9-4-,25-22+/t30-,31-,32+,33-,34?/m0/s1. The summed E-state index contributed by atoms with van der Waals surface area (Å²) in [5.41, 5.74) is 1.13. The minimum atomic E-state index is -0.944. The van der Waals surface area contributed by atoms with Gasteiger partial charge in [0, 0.05) is 19.4 Å². The molecule has 52 heavy (non-hydrogen) atoms. The van der Waals surface area contributed by atoms with Crippen molar-refractivity contribution < 1.29 is 48.8 Å². The first kappa shape index (κ1) is 43.6. The molecule has 2 N–H and O–H groups in total. The predicted octanol–water partition coefficient (Wildman–Crippen LogP) is 5.79. The van der Waals surface area contributed by atoms with Crippen LogP contribution in [0.4, 0.5) is 0 Å². The summed E-state index contributed by atoms with van der Waals surface area (Å²) in [6.07, 6.45) is 13.5. The number of hydrogen-bond acceptors (Lipinski definition) is 12. The molecule has 0 aliphatic heterocycles. The molecule has 0 aromatic heterocycles. The number of benzene rings is 1. The van der Waals surface area contributed by atoms with Gasteiger partial charge in [-0.3, -0.25) is 14.4 Å². The van der Waals surface area contributed by atoms with Crippen LogP contribution in [0.1, 0.15) is 102 Å². The predicted molar refractivity (Wildman–Crippen MR) is 190 cm³/mol. The van der Waals surface area contributed by atoms with Crippen LogP contribution >= 0.6 is 0 Å². The second-order valence-corrected chi connectivity index (χ2v) is 12.8. The molecule has 5 atom stereocenters. The van der Waals surface area contributed by atoms with E-state index in [4.69, 9.17) is 9.47 Å².